The molecule has 2 heteroatoms. The largest absolute Gasteiger partial charge is 0.409 e. The summed E-state index contributed by atoms with van der Waals surface area (Å²) in [6, 6.07) is 13.4. The van der Waals surface area contributed by atoms with Gasteiger partial charge in [0, 0.05) is 6.42 Å². The van der Waals surface area contributed by atoms with E-state index in [9.17, 15) is 0 Å². The van der Waals surface area contributed by atoms with Gasteiger partial charge >= 0.3 is 0 Å². The van der Waals surface area contributed by atoms with Gasteiger partial charge in [0.05, 0.1) is 6.10 Å². The Morgan fingerprint density at radius 2 is 1.43 bits per heavy atom. The van der Waals surface area contributed by atoms with Crippen molar-refractivity contribution in [3.05, 3.63) is 47.5 Å². The standard InChI is InChI=1S/C21H30OSi/c1-14(2)23(15(3)4,16(5)6)22-20-13-18-11-7-9-17-10-8-12-19(20)21(17)18/h7-12,14-16,20H,13H2,1-6H3/t20-/m1/s1. The summed E-state index contributed by atoms with van der Waals surface area (Å²) in [6.45, 7) is 14.2. The van der Waals surface area contributed by atoms with Crippen molar-refractivity contribution >= 4 is 19.1 Å². The Labute approximate surface area is 142 Å². The van der Waals surface area contributed by atoms with Crippen LogP contribution < -0.4 is 0 Å². The van der Waals surface area contributed by atoms with Gasteiger partial charge in [-0.15, -0.1) is 0 Å². The van der Waals surface area contributed by atoms with E-state index in [2.05, 4.69) is 77.9 Å². The van der Waals surface area contributed by atoms with E-state index >= 15 is 0 Å². The van der Waals surface area contributed by atoms with E-state index in [0.29, 0.717) is 16.6 Å². The predicted molar refractivity (Wildman–Crippen MR) is 103 cm³/mol. The Balaban J connectivity index is 2.03. The quantitative estimate of drug-likeness (QED) is 0.560. The summed E-state index contributed by atoms with van der Waals surface area (Å²) in [6.07, 6.45) is 1.28. The smallest absolute Gasteiger partial charge is 0.201 e. The summed E-state index contributed by atoms with van der Waals surface area (Å²) in [5.74, 6) is 0. The van der Waals surface area contributed by atoms with E-state index in [1.807, 2.05) is 0 Å². The first kappa shape index (κ1) is 16.7. The second-order valence-corrected chi connectivity index (χ2v) is 13.4. The van der Waals surface area contributed by atoms with Crippen LogP contribution in [-0.2, 0) is 10.8 Å². The fourth-order valence-electron chi connectivity index (χ4n) is 4.96. The van der Waals surface area contributed by atoms with Crippen LogP contribution >= 0.6 is 0 Å². The van der Waals surface area contributed by atoms with Crippen molar-refractivity contribution in [1.29, 1.82) is 0 Å². The summed E-state index contributed by atoms with van der Waals surface area (Å²) in [5, 5.41) is 2.80. The van der Waals surface area contributed by atoms with Gasteiger partial charge in [0.1, 0.15) is 0 Å². The molecule has 124 valence electrons. The lowest BCUT2D eigenvalue weighted by Crippen LogP contribution is -2.48. The van der Waals surface area contributed by atoms with Crippen LogP contribution in [0.15, 0.2) is 36.4 Å². The maximum Gasteiger partial charge on any atom is 0.201 e. The van der Waals surface area contributed by atoms with Crippen LogP contribution in [-0.4, -0.2) is 8.32 Å². The Bertz CT molecular complexity index is 675. The fraction of sp³-hybridized carbons (Fsp3) is 0.524. The number of benzene rings is 2. The lowest BCUT2D eigenvalue weighted by atomic mass is 10.1. The molecule has 1 aliphatic rings. The van der Waals surface area contributed by atoms with Gasteiger partial charge in [-0.25, -0.2) is 0 Å². The van der Waals surface area contributed by atoms with Gasteiger partial charge in [-0.2, -0.15) is 0 Å². The van der Waals surface area contributed by atoms with Gasteiger partial charge in [0.2, 0.25) is 8.32 Å². The molecular formula is C21H30OSi. The van der Waals surface area contributed by atoms with Crippen molar-refractivity contribution in [3.8, 4) is 0 Å². The highest BCUT2D eigenvalue weighted by Gasteiger charge is 2.47. The van der Waals surface area contributed by atoms with E-state index in [1.54, 1.807) is 0 Å². The van der Waals surface area contributed by atoms with Crippen LogP contribution in [0.4, 0.5) is 0 Å². The van der Waals surface area contributed by atoms with E-state index in [0.717, 1.165) is 6.42 Å². The molecule has 1 aliphatic carbocycles. The minimum atomic E-state index is -1.85. The van der Waals surface area contributed by atoms with E-state index in [1.165, 1.54) is 21.9 Å². The summed E-state index contributed by atoms with van der Waals surface area (Å²) in [4.78, 5) is 0. The average molecular weight is 327 g/mol. The molecular weight excluding hydrogens is 296 g/mol. The highest BCUT2D eigenvalue weighted by Crippen LogP contribution is 2.48. The van der Waals surface area contributed by atoms with Gasteiger partial charge in [0.25, 0.3) is 0 Å². The number of rotatable bonds is 5. The minimum absolute atomic E-state index is 0.245. The summed E-state index contributed by atoms with van der Waals surface area (Å²) >= 11 is 0. The molecule has 2 aromatic rings. The molecule has 0 radical (unpaired) electrons. The van der Waals surface area contributed by atoms with Gasteiger partial charge in [-0.05, 0) is 38.5 Å². The summed E-state index contributed by atoms with van der Waals surface area (Å²) in [5.41, 5.74) is 4.76. The van der Waals surface area contributed by atoms with E-state index < -0.39 is 8.32 Å². The molecule has 0 spiro atoms. The third-order valence-corrected chi connectivity index (χ3v) is 11.9. The monoisotopic (exact) mass is 326 g/mol. The third kappa shape index (κ3) is 2.56. The molecule has 1 nitrogen and oxygen atoms in total. The van der Waals surface area contributed by atoms with Crippen LogP contribution in [0.2, 0.25) is 16.6 Å². The maximum absolute atomic E-state index is 7.09. The summed E-state index contributed by atoms with van der Waals surface area (Å²) in [7, 11) is -1.85. The van der Waals surface area contributed by atoms with Crippen LogP contribution in [0.3, 0.4) is 0 Å². The van der Waals surface area contributed by atoms with Crippen molar-refractivity contribution in [3.63, 3.8) is 0 Å². The van der Waals surface area contributed by atoms with Gasteiger partial charge in [-0.3, -0.25) is 0 Å². The molecule has 0 saturated heterocycles. The van der Waals surface area contributed by atoms with Crippen LogP contribution in [0.1, 0.15) is 58.8 Å². The Morgan fingerprint density at radius 1 is 0.870 bits per heavy atom. The molecule has 0 saturated carbocycles. The topological polar surface area (TPSA) is 9.23 Å². The lowest BCUT2D eigenvalue weighted by molar-refractivity contribution is 0.182. The molecule has 1 atom stereocenters. The molecule has 0 N–H and O–H groups in total. The number of hydrogen-bond donors (Lipinski definition) is 0. The highest BCUT2D eigenvalue weighted by molar-refractivity contribution is 6.77. The van der Waals surface area contributed by atoms with Crippen molar-refractivity contribution in [2.75, 3.05) is 0 Å². The summed E-state index contributed by atoms with van der Waals surface area (Å²) < 4.78 is 7.09. The Hall–Kier alpha value is -1.12. The Kier molecular flexibility index (Phi) is 4.41. The zero-order valence-electron chi connectivity index (χ0n) is 15.4. The van der Waals surface area contributed by atoms with Crippen molar-refractivity contribution in [2.45, 2.75) is 70.7 Å². The van der Waals surface area contributed by atoms with Crippen LogP contribution in [0, 0.1) is 0 Å². The predicted octanol–water partition coefficient (Wildman–Crippen LogP) is 6.63. The van der Waals surface area contributed by atoms with Crippen molar-refractivity contribution < 1.29 is 4.43 Å². The molecule has 23 heavy (non-hydrogen) atoms. The zero-order valence-corrected chi connectivity index (χ0v) is 16.4. The molecule has 0 amide bonds. The number of hydrogen-bond acceptors (Lipinski definition) is 1. The highest BCUT2D eigenvalue weighted by atomic mass is 28.4. The molecule has 2 aromatic carbocycles. The second kappa shape index (κ2) is 6.07. The molecule has 0 aliphatic heterocycles. The molecule has 3 rings (SSSR count). The molecule has 0 unspecified atom stereocenters. The maximum atomic E-state index is 7.09. The average Bonchev–Trinajstić information content (AvgIpc) is 2.84. The fourth-order valence-corrected chi connectivity index (χ4v) is 10.5. The molecule has 0 aromatic heterocycles. The first-order chi connectivity index (χ1) is 10.9. The van der Waals surface area contributed by atoms with E-state index in [-0.39, 0.29) is 6.10 Å². The molecule has 0 fully saturated rings. The van der Waals surface area contributed by atoms with Crippen LogP contribution in [0.5, 0.6) is 0 Å². The normalized spacial score (nSPS) is 17.9. The third-order valence-electron chi connectivity index (χ3n) is 5.83. The lowest BCUT2D eigenvalue weighted by Gasteiger charge is -2.44. The second-order valence-electron chi connectivity index (χ2n) is 7.99. The minimum Gasteiger partial charge on any atom is -0.409 e. The van der Waals surface area contributed by atoms with Gasteiger partial charge < -0.3 is 4.43 Å². The first-order valence-corrected chi connectivity index (χ1v) is 11.2. The SMILES string of the molecule is CC(C)[Si](O[C@@H]1Cc2cccc3cccc1c23)(C(C)C)C(C)C. The molecule has 0 heterocycles. The van der Waals surface area contributed by atoms with Crippen LogP contribution in [0.25, 0.3) is 10.8 Å². The Morgan fingerprint density at radius 3 is 2.00 bits per heavy atom. The van der Waals surface area contributed by atoms with E-state index in [4.69, 9.17) is 4.43 Å². The zero-order chi connectivity index (χ0) is 16.8. The molecule has 0 bridgehead atoms. The van der Waals surface area contributed by atoms with Crippen molar-refractivity contribution in [1.82, 2.24) is 0 Å². The first-order valence-electron chi connectivity index (χ1n) is 9.06. The van der Waals surface area contributed by atoms with Gasteiger partial charge in [0.15, 0.2) is 0 Å². The van der Waals surface area contributed by atoms with Gasteiger partial charge in [-0.1, -0.05) is 77.9 Å². The van der Waals surface area contributed by atoms with Crippen molar-refractivity contribution in [2.24, 2.45) is 0 Å².